The van der Waals surface area contributed by atoms with Crippen LogP contribution in [0.25, 0.3) is 11.3 Å². The normalized spacial score (nSPS) is 15.1. The monoisotopic (exact) mass is 244 g/mol. The van der Waals surface area contributed by atoms with Gasteiger partial charge in [0.25, 0.3) is 0 Å². The van der Waals surface area contributed by atoms with Crippen LogP contribution in [0.2, 0.25) is 0 Å². The first-order valence-corrected chi connectivity index (χ1v) is 6.32. The van der Waals surface area contributed by atoms with Crippen LogP contribution in [0.3, 0.4) is 0 Å². The van der Waals surface area contributed by atoms with E-state index in [1.165, 1.54) is 24.0 Å². The zero-order valence-electron chi connectivity index (χ0n) is 10.1. The predicted octanol–water partition coefficient (Wildman–Crippen LogP) is 2.90. The molecule has 0 amide bonds. The number of rotatable bonds is 1. The molecule has 0 atom stereocenters. The minimum atomic E-state index is 0.254. The molecule has 18 heavy (non-hydrogen) atoms. The quantitative estimate of drug-likeness (QED) is 0.756. The minimum Gasteiger partial charge on any atom is -0.507 e. The van der Waals surface area contributed by atoms with E-state index in [9.17, 15) is 5.11 Å². The van der Waals surface area contributed by atoms with Gasteiger partial charge in [0.2, 0.25) is 5.88 Å². The highest BCUT2D eigenvalue weighted by molar-refractivity contribution is 5.73. The second kappa shape index (κ2) is 4.37. The predicted molar refractivity (Wildman–Crippen MR) is 69.3 cm³/mol. The second-order valence-corrected chi connectivity index (χ2v) is 4.77. The Morgan fingerprint density at radius 2 is 2.00 bits per heavy atom. The highest BCUT2D eigenvalue weighted by Gasteiger charge is 2.19. The van der Waals surface area contributed by atoms with Crippen LogP contribution >= 0.6 is 0 Å². The maximum atomic E-state index is 10.1. The van der Waals surface area contributed by atoms with Gasteiger partial charge in [0.1, 0.15) is 11.4 Å². The zero-order chi connectivity index (χ0) is 12.5. The molecule has 4 nitrogen and oxygen atoms in total. The first-order valence-electron chi connectivity index (χ1n) is 6.32. The minimum absolute atomic E-state index is 0.254. The van der Waals surface area contributed by atoms with Crippen LogP contribution in [-0.4, -0.2) is 10.3 Å². The van der Waals surface area contributed by atoms with Gasteiger partial charge in [-0.15, -0.1) is 0 Å². The number of phenolic OH excluding ortho intramolecular Hbond substituents is 1. The standard InChI is InChI=1S/C14H16N2O2/c15-13-8-11(16-18-13)14-10-5-3-1-2-4-9(10)6-7-12(14)17/h6-8,17H,1-5,15H2. The van der Waals surface area contributed by atoms with Crippen LogP contribution in [-0.2, 0) is 12.8 Å². The topological polar surface area (TPSA) is 72.3 Å². The SMILES string of the molecule is Nc1cc(-c2c(O)ccc3c2CCCCC3)no1. The number of aromatic nitrogens is 1. The average molecular weight is 244 g/mol. The molecule has 3 N–H and O–H groups in total. The molecule has 94 valence electrons. The van der Waals surface area contributed by atoms with Crippen molar-refractivity contribution in [3.8, 4) is 17.0 Å². The maximum absolute atomic E-state index is 10.1. The molecule has 1 aromatic carbocycles. The summed E-state index contributed by atoms with van der Waals surface area (Å²) < 4.78 is 4.91. The van der Waals surface area contributed by atoms with Gasteiger partial charge in [0, 0.05) is 11.6 Å². The number of aromatic hydroxyl groups is 1. The van der Waals surface area contributed by atoms with Gasteiger partial charge in [-0.05, 0) is 42.9 Å². The van der Waals surface area contributed by atoms with Gasteiger partial charge >= 0.3 is 0 Å². The fourth-order valence-corrected chi connectivity index (χ4v) is 2.69. The Balaban J connectivity index is 2.18. The molecule has 4 heteroatoms. The van der Waals surface area contributed by atoms with Gasteiger partial charge < -0.3 is 15.4 Å². The van der Waals surface area contributed by atoms with Crippen molar-refractivity contribution in [2.75, 3.05) is 5.73 Å². The highest BCUT2D eigenvalue weighted by atomic mass is 16.5. The van der Waals surface area contributed by atoms with E-state index in [-0.39, 0.29) is 11.6 Å². The molecule has 1 aromatic heterocycles. The van der Waals surface area contributed by atoms with Crippen LogP contribution < -0.4 is 5.73 Å². The summed E-state index contributed by atoms with van der Waals surface area (Å²) in [6, 6.07) is 5.42. The molecule has 1 aliphatic carbocycles. The molecule has 0 saturated carbocycles. The molecular formula is C14H16N2O2. The molecule has 0 unspecified atom stereocenters. The highest BCUT2D eigenvalue weighted by Crippen LogP contribution is 2.37. The number of phenols is 1. The summed E-state index contributed by atoms with van der Waals surface area (Å²) in [4.78, 5) is 0. The van der Waals surface area contributed by atoms with Crippen LogP contribution in [0, 0.1) is 0 Å². The lowest BCUT2D eigenvalue weighted by atomic mass is 9.94. The molecule has 0 saturated heterocycles. The van der Waals surface area contributed by atoms with E-state index in [1.54, 1.807) is 12.1 Å². The lowest BCUT2D eigenvalue weighted by molar-refractivity contribution is 0.437. The molecule has 0 bridgehead atoms. The lowest BCUT2D eigenvalue weighted by Crippen LogP contribution is -1.95. The van der Waals surface area contributed by atoms with Crippen molar-refractivity contribution in [1.29, 1.82) is 0 Å². The smallest absolute Gasteiger partial charge is 0.222 e. The Bertz CT molecular complexity index is 575. The summed E-state index contributed by atoms with van der Waals surface area (Å²) in [5.74, 6) is 0.527. The molecule has 0 radical (unpaired) electrons. The fourth-order valence-electron chi connectivity index (χ4n) is 2.69. The molecule has 3 rings (SSSR count). The summed E-state index contributed by atoms with van der Waals surface area (Å²) in [5, 5.41) is 14.0. The van der Waals surface area contributed by atoms with E-state index < -0.39 is 0 Å². The zero-order valence-corrected chi connectivity index (χ0v) is 10.1. The Labute approximate surface area is 105 Å². The third-order valence-corrected chi connectivity index (χ3v) is 3.55. The van der Waals surface area contributed by atoms with Gasteiger partial charge in [-0.25, -0.2) is 0 Å². The van der Waals surface area contributed by atoms with Crippen molar-refractivity contribution >= 4 is 5.88 Å². The molecule has 1 aliphatic rings. The van der Waals surface area contributed by atoms with Gasteiger partial charge in [-0.3, -0.25) is 0 Å². The summed E-state index contributed by atoms with van der Waals surface area (Å²) in [7, 11) is 0. The molecule has 0 fully saturated rings. The van der Waals surface area contributed by atoms with Crippen LogP contribution in [0.1, 0.15) is 30.4 Å². The molecule has 2 aromatic rings. The fraction of sp³-hybridized carbons (Fsp3) is 0.357. The van der Waals surface area contributed by atoms with Gasteiger partial charge in [-0.1, -0.05) is 17.6 Å². The van der Waals surface area contributed by atoms with Crippen LogP contribution in [0.15, 0.2) is 22.7 Å². The van der Waals surface area contributed by atoms with E-state index in [2.05, 4.69) is 5.16 Å². The number of nitrogens with two attached hydrogens (primary N) is 1. The first-order chi connectivity index (χ1) is 8.75. The van der Waals surface area contributed by atoms with E-state index in [0.29, 0.717) is 5.69 Å². The van der Waals surface area contributed by atoms with Crippen LogP contribution in [0.5, 0.6) is 5.75 Å². The van der Waals surface area contributed by atoms with Crippen LogP contribution in [0.4, 0.5) is 5.88 Å². The van der Waals surface area contributed by atoms with Gasteiger partial charge in [0.05, 0.1) is 0 Å². The van der Waals surface area contributed by atoms with Crippen molar-refractivity contribution in [2.24, 2.45) is 0 Å². The molecule has 0 spiro atoms. The second-order valence-electron chi connectivity index (χ2n) is 4.77. The van der Waals surface area contributed by atoms with Crippen molar-refractivity contribution < 1.29 is 9.63 Å². The number of hydrogen-bond donors (Lipinski definition) is 2. The molecule has 0 aliphatic heterocycles. The number of fused-ring (bicyclic) bond motifs is 1. The Hall–Kier alpha value is -1.97. The third-order valence-electron chi connectivity index (χ3n) is 3.55. The Kier molecular flexibility index (Phi) is 2.70. The Morgan fingerprint density at radius 3 is 2.78 bits per heavy atom. The van der Waals surface area contributed by atoms with E-state index >= 15 is 0 Å². The largest absolute Gasteiger partial charge is 0.507 e. The van der Waals surface area contributed by atoms with Gasteiger partial charge in [-0.2, -0.15) is 0 Å². The maximum Gasteiger partial charge on any atom is 0.222 e. The number of hydrogen-bond acceptors (Lipinski definition) is 4. The first kappa shape index (κ1) is 11.1. The van der Waals surface area contributed by atoms with Crippen molar-refractivity contribution in [1.82, 2.24) is 5.16 Å². The van der Waals surface area contributed by atoms with Crippen molar-refractivity contribution in [3.05, 3.63) is 29.3 Å². The molecular weight excluding hydrogens is 228 g/mol. The number of anilines is 1. The Morgan fingerprint density at radius 1 is 1.17 bits per heavy atom. The van der Waals surface area contributed by atoms with Crippen molar-refractivity contribution in [2.45, 2.75) is 32.1 Å². The van der Waals surface area contributed by atoms with E-state index in [1.807, 2.05) is 6.07 Å². The summed E-state index contributed by atoms with van der Waals surface area (Å²) in [6.45, 7) is 0. The summed E-state index contributed by atoms with van der Waals surface area (Å²) in [5.41, 5.74) is 9.48. The van der Waals surface area contributed by atoms with Crippen molar-refractivity contribution in [3.63, 3.8) is 0 Å². The lowest BCUT2D eigenvalue weighted by Gasteiger charge is -2.12. The number of nitrogens with zero attached hydrogens (tertiary/aromatic N) is 1. The summed E-state index contributed by atoms with van der Waals surface area (Å²) >= 11 is 0. The molecule has 1 heterocycles. The number of benzene rings is 1. The number of nitrogen functional groups attached to an aromatic ring is 1. The van der Waals surface area contributed by atoms with E-state index in [4.69, 9.17) is 10.3 Å². The van der Waals surface area contributed by atoms with E-state index in [0.717, 1.165) is 24.8 Å². The third kappa shape index (κ3) is 1.83. The number of aryl methyl sites for hydroxylation is 1. The summed E-state index contributed by atoms with van der Waals surface area (Å²) in [6.07, 6.45) is 5.63. The van der Waals surface area contributed by atoms with Gasteiger partial charge in [0.15, 0.2) is 0 Å². The average Bonchev–Trinajstić information content (AvgIpc) is 2.63.